The molecule has 1 rings (SSSR count). The first-order valence-electron chi connectivity index (χ1n) is 8.17. The predicted octanol–water partition coefficient (Wildman–Crippen LogP) is 0.654. The van der Waals surface area contributed by atoms with Crippen LogP contribution in [0.5, 0.6) is 11.5 Å². The van der Waals surface area contributed by atoms with Crippen molar-refractivity contribution in [3.63, 3.8) is 0 Å². The fourth-order valence-corrected chi connectivity index (χ4v) is 1.81. The molecule has 0 aromatic heterocycles. The van der Waals surface area contributed by atoms with E-state index in [1.807, 2.05) is 0 Å². The maximum absolute atomic E-state index is 11.6. The van der Waals surface area contributed by atoms with Gasteiger partial charge in [0.05, 0.1) is 14.2 Å². The molecule has 0 radical (unpaired) electrons. The van der Waals surface area contributed by atoms with Crippen molar-refractivity contribution in [2.45, 2.75) is 26.1 Å². The number of carbonyl (C=O) groups is 4. The molecule has 0 aliphatic carbocycles. The Balaban J connectivity index is 2.39. The molecule has 2 unspecified atom stereocenters. The number of methoxy groups -OCH3 is 2. The van der Waals surface area contributed by atoms with Gasteiger partial charge in [0.25, 0.3) is 0 Å². The molecule has 2 atom stereocenters. The molecule has 0 heterocycles. The fraction of sp³-hybridized carbons (Fsp3) is 0.444. The lowest BCUT2D eigenvalue weighted by molar-refractivity contribution is -0.165. The zero-order valence-electron chi connectivity index (χ0n) is 16.0. The van der Waals surface area contributed by atoms with Crippen LogP contribution in [0, 0.1) is 0 Å². The molecule has 0 aliphatic rings. The normalized spacial score (nSPS) is 12.1. The topological polar surface area (TPSA) is 124 Å². The van der Waals surface area contributed by atoms with Crippen molar-refractivity contribution in [1.29, 1.82) is 0 Å². The number of benzene rings is 1. The number of hydrogen-bond acceptors (Lipinski definition) is 10. The quantitative estimate of drug-likeness (QED) is 0.410. The summed E-state index contributed by atoms with van der Waals surface area (Å²) in [6.07, 6.45) is -2.06. The Morgan fingerprint density at radius 3 is 1.32 bits per heavy atom. The van der Waals surface area contributed by atoms with E-state index in [1.165, 1.54) is 52.3 Å². The minimum atomic E-state index is -1.03. The molecule has 0 fully saturated rings. The van der Waals surface area contributed by atoms with Gasteiger partial charge in [0, 0.05) is 0 Å². The molecule has 154 valence electrons. The van der Waals surface area contributed by atoms with Crippen molar-refractivity contribution in [1.82, 2.24) is 0 Å². The van der Waals surface area contributed by atoms with Crippen LogP contribution in [0.1, 0.15) is 13.8 Å². The van der Waals surface area contributed by atoms with E-state index in [2.05, 4.69) is 9.47 Å². The van der Waals surface area contributed by atoms with Crippen LogP contribution in [-0.2, 0) is 38.1 Å². The number of carbonyl (C=O) groups excluding carboxylic acids is 4. The smallest absolute Gasteiger partial charge is 0.346 e. The molecule has 0 saturated heterocycles. The summed E-state index contributed by atoms with van der Waals surface area (Å²) in [5.41, 5.74) is 0. The first-order valence-corrected chi connectivity index (χ1v) is 8.17. The van der Waals surface area contributed by atoms with Crippen LogP contribution in [-0.4, -0.2) is 63.5 Å². The standard InChI is InChI=1S/C18H22O10/c1-11(17(21)23-3)27-15(19)9-25-13-5-7-14(8-6-13)26-10-16(20)28-12(2)18(22)24-4/h5-8,11-12H,9-10H2,1-4H3. The number of ether oxygens (including phenoxy) is 6. The molecule has 0 N–H and O–H groups in total. The Morgan fingerprint density at radius 1 is 0.714 bits per heavy atom. The molecule has 1 aromatic rings. The van der Waals surface area contributed by atoms with E-state index in [0.717, 1.165) is 0 Å². The summed E-state index contributed by atoms with van der Waals surface area (Å²) in [5.74, 6) is -2.13. The highest BCUT2D eigenvalue weighted by Gasteiger charge is 2.19. The highest BCUT2D eigenvalue weighted by Crippen LogP contribution is 2.17. The SMILES string of the molecule is COC(=O)C(C)OC(=O)COc1ccc(OCC(=O)OC(C)C(=O)OC)cc1. The first kappa shape index (κ1) is 22.7. The molecular formula is C18H22O10. The molecule has 10 nitrogen and oxygen atoms in total. The lowest BCUT2D eigenvalue weighted by Crippen LogP contribution is -2.28. The van der Waals surface area contributed by atoms with E-state index < -0.39 is 49.3 Å². The number of hydrogen-bond donors (Lipinski definition) is 0. The van der Waals surface area contributed by atoms with Crippen LogP contribution in [0.25, 0.3) is 0 Å². The summed E-state index contributed by atoms with van der Waals surface area (Å²) in [6, 6.07) is 6.03. The average Bonchev–Trinajstić information content (AvgIpc) is 2.69. The van der Waals surface area contributed by atoms with Crippen molar-refractivity contribution in [2.75, 3.05) is 27.4 Å². The van der Waals surface area contributed by atoms with Gasteiger partial charge in [-0.2, -0.15) is 0 Å². The molecule has 28 heavy (non-hydrogen) atoms. The van der Waals surface area contributed by atoms with Gasteiger partial charge >= 0.3 is 23.9 Å². The van der Waals surface area contributed by atoms with Crippen LogP contribution in [0.3, 0.4) is 0 Å². The van der Waals surface area contributed by atoms with Crippen molar-refractivity contribution in [3.8, 4) is 11.5 Å². The van der Waals surface area contributed by atoms with Gasteiger partial charge in [-0.15, -0.1) is 0 Å². The van der Waals surface area contributed by atoms with Gasteiger partial charge in [-0.25, -0.2) is 19.2 Å². The summed E-state index contributed by atoms with van der Waals surface area (Å²) in [7, 11) is 2.37. The second-order valence-corrected chi connectivity index (χ2v) is 5.36. The monoisotopic (exact) mass is 398 g/mol. The zero-order valence-corrected chi connectivity index (χ0v) is 16.0. The molecule has 0 amide bonds. The highest BCUT2D eigenvalue weighted by molar-refractivity contribution is 5.80. The summed E-state index contributed by atoms with van der Waals surface area (Å²) >= 11 is 0. The third kappa shape index (κ3) is 7.94. The summed E-state index contributed by atoms with van der Waals surface area (Å²) in [5, 5.41) is 0. The number of rotatable bonds is 10. The van der Waals surface area contributed by atoms with Crippen LogP contribution >= 0.6 is 0 Å². The zero-order chi connectivity index (χ0) is 21.1. The van der Waals surface area contributed by atoms with E-state index >= 15 is 0 Å². The number of esters is 4. The average molecular weight is 398 g/mol. The first-order chi connectivity index (χ1) is 13.3. The van der Waals surface area contributed by atoms with Crippen LogP contribution in [0.15, 0.2) is 24.3 Å². The highest BCUT2D eigenvalue weighted by atomic mass is 16.6. The summed E-state index contributed by atoms with van der Waals surface area (Å²) < 4.78 is 29.0. The van der Waals surface area contributed by atoms with E-state index in [4.69, 9.17) is 18.9 Å². The lowest BCUT2D eigenvalue weighted by Gasteiger charge is -2.12. The van der Waals surface area contributed by atoms with E-state index in [-0.39, 0.29) is 0 Å². The van der Waals surface area contributed by atoms with Crippen LogP contribution in [0.4, 0.5) is 0 Å². The molecule has 0 bridgehead atoms. The summed E-state index contributed by atoms with van der Waals surface area (Å²) in [4.78, 5) is 45.5. The van der Waals surface area contributed by atoms with Gasteiger partial charge in [0.1, 0.15) is 11.5 Å². The minimum absolute atomic E-state index is 0.344. The maximum Gasteiger partial charge on any atom is 0.346 e. The van der Waals surface area contributed by atoms with E-state index in [0.29, 0.717) is 11.5 Å². The Kier molecular flexibility index (Phi) is 9.28. The third-order valence-corrected chi connectivity index (χ3v) is 3.22. The Hall–Kier alpha value is -3.30. The second-order valence-electron chi connectivity index (χ2n) is 5.36. The molecule has 10 heteroatoms. The van der Waals surface area contributed by atoms with Crippen molar-refractivity contribution in [2.24, 2.45) is 0 Å². The summed E-state index contributed by atoms with van der Waals surface area (Å²) in [6.45, 7) is 1.96. The van der Waals surface area contributed by atoms with Gasteiger partial charge in [0.2, 0.25) is 0 Å². The van der Waals surface area contributed by atoms with Gasteiger partial charge in [-0.3, -0.25) is 0 Å². The van der Waals surface area contributed by atoms with Crippen LogP contribution < -0.4 is 9.47 Å². The van der Waals surface area contributed by atoms with Gasteiger partial charge < -0.3 is 28.4 Å². The molecular weight excluding hydrogens is 376 g/mol. The van der Waals surface area contributed by atoms with Crippen molar-refractivity contribution >= 4 is 23.9 Å². The maximum atomic E-state index is 11.6. The van der Waals surface area contributed by atoms with E-state index in [9.17, 15) is 19.2 Å². The molecule has 0 spiro atoms. The second kappa shape index (κ2) is 11.4. The van der Waals surface area contributed by atoms with Gasteiger partial charge in [0.15, 0.2) is 25.4 Å². The Morgan fingerprint density at radius 2 is 1.04 bits per heavy atom. The van der Waals surface area contributed by atoms with Gasteiger partial charge in [-0.05, 0) is 38.1 Å². The van der Waals surface area contributed by atoms with Gasteiger partial charge in [-0.1, -0.05) is 0 Å². The van der Waals surface area contributed by atoms with Crippen molar-refractivity contribution in [3.05, 3.63) is 24.3 Å². The molecule has 1 aromatic carbocycles. The Bertz CT molecular complexity index is 623. The molecule has 0 aliphatic heterocycles. The minimum Gasteiger partial charge on any atom is -0.482 e. The van der Waals surface area contributed by atoms with Crippen LogP contribution in [0.2, 0.25) is 0 Å². The predicted molar refractivity (Wildman–Crippen MR) is 92.6 cm³/mol. The third-order valence-electron chi connectivity index (χ3n) is 3.22. The van der Waals surface area contributed by atoms with E-state index in [1.54, 1.807) is 0 Å². The fourth-order valence-electron chi connectivity index (χ4n) is 1.81. The van der Waals surface area contributed by atoms with Crippen molar-refractivity contribution < 1.29 is 47.6 Å². The Labute approximate surface area is 161 Å². The molecule has 0 saturated carbocycles. The largest absolute Gasteiger partial charge is 0.482 e. The lowest BCUT2D eigenvalue weighted by atomic mass is 10.3.